The van der Waals surface area contributed by atoms with Crippen LogP contribution in [0.1, 0.15) is 26.3 Å². The fourth-order valence-corrected chi connectivity index (χ4v) is 3.28. The zero-order valence-corrected chi connectivity index (χ0v) is 12.7. The summed E-state index contributed by atoms with van der Waals surface area (Å²) in [5.74, 6) is -0.765. The van der Waals surface area contributed by atoms with Crippen molar-refractivity contribution in [2.75, 3.05) is 6.54 Å². The Kier molecular flexibility index (Phi) is 5.73. The highest BCUT2D eigenvalue weighted by Gasteiger charge is 2.23. The molecule has 0 unspecified atom stereocenters. The average molecular weight is 309 g/mol. The van der Waals surface area contributed by atoms with E-state index in [4.69, 9.17) is 11.6 Å². The van der Waals surface area contributed by atoms with Crippen molar-refractivity contribution in [2.45, 2.75) is 38.3 Å². The number of hydrogen-bond donors (Lipinski definition) is 2. The maximum absolute atomic E-state index is 14.2. The Morgan fingerprint density at radius 1 is 1.37 bits per heavy atom. The van der Waals surface area contributed by atoms with E-state index < -0.39 is 20.7 Å². The monoisotopic (exact) mass is 308 g/mol. The fraction of sp³-hybridized carbons (Fsp3) is 0.500. The molecule has 2 N–H and O–H groups in total. The number of sulfonamides is 1. The lowest BCUT2D eigenvalue weighted by molar-refractivity contribution is 0.538. The first-order chi connectivity index (χ1) is 8.77. The van der Waals surface area contributed by atoms with Gasteiger partial charge in [0.05, 0.1) is 0 Å². The summed E-state index contributed by atoms with van der Waals surface area (Å²) < 4.78 is 40.6. The van der Waals surface area contributed by atoms with E-state index in [0.717, 1.165) is 6.07 Å². The van der Waals surface area contributed by atoms with E-state index in [1.165, 1.54) is 6.07 Å². The lowest BCUT2D eigenvalue weighted by atomic mass is 10.2. The van der Waals surface area contributed by atoms with Crippen LogP contribution < -0.4 is 10.0 Å². The summed E-state index contributed by atoms with van der Waals surface area (Å²) in [4.78, 5) is -0.415. The molecule has 0 spiro atoms. The predicted octanol–water partition coefficient (Wildman–Crippen LogP) is 2.28. The number of nitrogens with one attached hydrogen (secondary N) is 2. The number of hydrogen-bond acceptors (Lipinski definition) is 3. The molecule has 0 amide bonds. The van der Waals surface area contributed by atoms with Gasteiger partial charge in [0.1, 0.15) is 10.7 Å². The molecular formula is C12H18ClFN2O2S. The topological polar surface area (TPSA) is 58.2 Å². The molecule has 0 atom stereocenters. The molecule has 0 aliphatic carbocycles. The van der Waals surface area contributed by atoms with E-state index in [1.807, 2.05) is 6.92 Å². The predicted molar refractivity (Wildman–Crippen MR) is 74.2 cm³/mol. The van der Waals surface area contributed by atoms with E-state index in [9.17, 15) is 12.8 Å². The first kappa shape index (κ1) is 16.4. The summed E-state index contributed by atoms with van der Waals surface area (Å²) in [7, 11) is -3.90. The highest BCUT2D eigenvalue weighted by Crippen LogP contribution is 2.24. The minimum absolute atomic E-state index is 0.193. The molecule has 108 valence electrons. The Bertz CT molecular complexity index is 547. The van der Waals surface area contributed by atoms with Crippen LogP contribution in [0.25, 0.3) is 0 Å². The van der Waals surface area contributed by atoms with E-state index in [0.29, 0.717) is 6.54 Å². The molecule has 0 fully saturated rings. The standard InChI is InChI=1S/C12H18ClFN2O2S/c1-4-15-7-9-5-10(13)6-11(12(9)14)19(17,18)16-8(2)3/h5-6,8,15-16H,4,7H2,1-3H3. The van der Waals surface area contributed by atoms with Crippen LogP contribution in [0.4, 0.5) is 4.39 Å². The van der Waals surface area contributed by atoms with Crippen molar-refractivity contribution in [1.82, 2.24) is 10.0 Å². The van der Waals surface area contributed by atoms with Gasteiger partial charge in [-0.1, -0.05) is 18.5 Å². The van der Waals surface area contributed by atoms with Gasteiger partial charge in [0, 0.05) is 23.2 Å². The van der Waals surface area contributed by atoms with Crippen LogP contribution in [0, 0.1) is 5.82 Å². The molecule has 0 bridgehead atoms. The SMILES string of the molecule is CCNCc1cc(Cl)cc(S(=O)(=O)NC(C)C)c1F. The van der Waals surface area contributed by atoms with Gasteiger partial charge in [0.25, 0.3) is 0 Å². The zero-order valence-electron chi connectivity index (χ0n) is 11.1. The molecule has 0 aromatic heterocycles. The molecule has 1 rings (SSSR count). The Balaban J connectivity index is 3.24. The summed E-state index contributed by atoms with van der Waals surface area (Å²) in [5, 5.41) is 3.13. The van der Waals surface area contributed by atoms with Crippen molar-refractivity contribution in [3.05, 3.63) is 28.5 Å². The highest BCUT2D eigenvalue weighted by molar-refractivity contribution is 7.89. The average Bonchev–Trinajstić information content (AvgIpc) is 2.28. The van der Waals surface area contributed by atoms with Crippen molar-refractivity contribution in [3.63, 3.8) is 0 Å². The van der Waals surface area contributed by atoms with Crippen molar-refractivity contribution < 1.29 is 12.8 Å². The molecule has 0 saturated carbocycles. The third-order valence-corrected chi connectivity index (χ3v) is 4.20. The smallest absolute Gasteiger partial charge is 0.243 e. The van der Waals surface area contributed by atoms with Gasteiger partial charge in [-0.25, -0.2) is 17.5 Å². The molecule has 4 nitrogen and oxygen atoms in total. The summed E-state index contributed by atoms with van der Waals surface area (Å²) in [5.41, 5.74) is 0.235. The Morgan fingerprint density at radius 3 is 2.53 bits per heavy atom. The minimum Gasteiger partial charge on any atom is -0.313 e. The van der Waals surface area contributed by atoms with Crippen molar-refractivity contribution in [3.8, 4) is 0 Å². The maximum Gasteiger partial charge on any atom is 0.243 e. The molecule has 19 heavy (non-hydrogen) atoms. The first-order valence-corrected chi connectivity index (χ1v) is 7.85. The van der Waals surface area contributed by atoms with Crippen LogP contribution in [-0.2, 0) is 16.6 Å². The van der Waals surface area contributed by atoms with Gasteiger partial charge in [0.2, 0.25) is 10.0 Å². The van der Waals surface area contributed by atoms with E-state index in [1.54, 1.807) is 13.8 Å². The normalized spacial score (nSPS) is 12.1. The minimum atomic E-state index is -3.90. The fourth-order valence-electron chi connectivity index (χ4n) is 1.58. The molecule has 0 aliphatic rings. The van der Waals surface area contributed by atoms with Gasteiger partial charge in [-0.2, -0.15) is 0 Å². The van der Waals surface area contributed by atoms with Crippen molar-refractivity contribution in [2.24, 2.45) is 0 Å². The first-order valence-electron chi connectivity index (χ1n) is 5.99. The third kappa shape index (κ3) is 4.42. The Hall–Kier alpha value is -0.690. The van der Waals surface area contributed by atoms with Crippen LogP contribution in [0.3, 0.4) is 0 Å². The van der Waals surface area contributed by atoms with E-state index in [-0.39, 0.29) is 23.2 Å². The number of rotatable bonds is 6. The zero-order chi connectivity index (χ0) is 14.6. The third-order valence-electron chi connectivity index (χ3n) is 2.33. The van der Waals surface area contributed by atoms with E-state index >= 15 is 0 Å². The molecule has 1 aromatic rings. The van der Waals surface area contributed by atoms with Crippen LogP contribution in [0.15, 0.2) is 17.0 Å². The van der Waals surface area contributed by atoms with E-state index in [2.05, 4.69) is 10.0 Å². The largest absolute Gasteiger partial charge is 0.313 e. The lowest BCUT2D eigenvalue weighted by Crippen LogP contribution is -2.31. The number of halogens is 2. The van der Waals surface area contributed by atoms with Crippen LogP contribution >= 0.6 is 11.6 Å². The Labute approximate surface area is 118 Å². The summed E-state index contributed by atoms with van der Waals surface area (Å²) in [6.07, 6.45) is 0. The van der Waals surface area contributed by atoms with Gasteiger partial charge >= 0.3 is 0 Å². The van der Waals surface area contributed by atoms with Gasteiger partial charge in [-0.05, 0) is 32.5 Å². The van der Waals surface area contributed by atoms with Gasteiger partial charge < -0.3 is 5.32 Å². The highest BCUT2D eigenvalue weighted by atomic mass is 35.5. The molecule has 7 heteroatoms. The Morgan fingerprint density at radius 2 is 2.00 bits per heavy atom. The molecular weight excluding hydrogens is 291 g/mol. The lowest BCUT2D eigenvalue weighted by Gasteiger charge is -2.13. The molecule has 0 aliphatic heterocycles. The molecule has 1 aromatic carbocycles. The second-order valence-corrected chi connectivity index (χ2v) is 6.55. The van der Waals surface area contributed by atoms with Gasteiger partial charge in [0.15, 0.2) is 0 Å². The molecule has 0 saturated heterocycles. The van der Waals surface area contributed by atoms with Crippen molar-refractivity contribution >= 4 is 21.6 Å². The van der Waals surface area contributed by atoms with Gasteiger partial charge in [-0.3, -0.25) is 0 Å². The number of benzene rings is 1. The summed E-state index contributed by atoms with van der Waals surface area (Å²) in [6.45, 7) is 6.09. The molecule has 0 radical (unpaired) electrons. The maximum atomic E-state index is 14.2. The van der Waals surface area contributed by atoms with Crippen molar-refractivity contribution in [1.29, 1.82) is 0 Å². The molecule has 0 heterocycles. The van der Waals surface area contributed by atoms with Crippen LogP contribution in [0.5, 0.6) is 0 Å². The quantitative estimate of drug-likeness (QED) is 0.847. The van der Waals surface area contributed by atoms with Crippen LogP contribution in [0.2, 0.25) is 5.02 Å². The van der Waals surface area contributed by atoms with Crippen LogP contribution in [-0.4, -0.2) is 21.0 Å². The van der Waals surface area contributed by atoms with Gasteiger partial charge in [-0.15, -0.1) is 0 Å². The summed E-state index contributed by atoms with van der Waals surface area (Å²) in [6, 6.07) is 2.23. The second-order valence-electron chi connectivity index (χ2n) is 4.43. The summed E-state index contributed by atoms with van der Waals surface area (Å²) >= 11 is 5.86. The second kappa shape index (κ2) is 6.65.